The molecule has 0 atom stereocenters. The molecule has 1 aromatic rings. The van der Waals surface area contributed by atoms with Crippen molar-refractivity contribution < 1.29 is 0 Å². The van der Waals surface area contributed by atoms with E-state index in [9.17, 15) is 0 Å². The molecule has 1 rings (SSSR count). The minimum absolute atomic E-state index is 1.01. The molecule has 0 amide bonds. The van der Waals surface area contributed by atoms with E-state index >= 15 is 0 Å². The molecule has 0 saturated heterocycles. The second-order valence-corrected chi connectivity index (χ2v) is 6.16. The van der Waals surface area contributed by atoms with E-state index in [-0.39, 0.29) is 0 Å². The van der Waals surface area contributed by atoms with Gasteiger partial charge in [-0.05, 0) is 46.6 Å². The van der Waals surface area contributed by atoms with Crippen LogP contribution in [0, 0.1) is 11.8 Å². The van der Waals surface area contributed by atoms with Crippen LogP contribution in [0.1, 0.15) is 38.2 Å². The lowest BCUT2D eigenvalue weighted by Crippen LogP contribution is -1.88. The Morgan fingerprint density at radius 1 is 1.22 bits per heavy atom. The summed E-state index contributed by atoms with van der Waals surface area (Å²) in [5.74, 6) is 6.59. The van der Waals surface area contributed by atoms with Gasteiger partial charge in [-0.15, -0.1) is 0 Å². The molecule has 0 radical (unpaired) electrons. The summed E-state index contributed by atoms with van der Waals surface area (Å²) in [5.41, 5.74) is 2.69. The molecule has 2 heteroatoms. The molecule has 18 heavy (non-hydrogen) atoms. The number of rotatable bonds is 5. The first-order chi connectivity index (χ1) is 8.79. The Labute approximate surface area is 138 Å². The van der Waals surface area contributed by atoms with Crippen LogP contribution in [-0.4, -0.2) is 4.43 Å². The van der Waals surface area contributed by atoms with Gasteiger partial charge in [0.2, 0.25) is 0 Å². The summed E-state index contributed by atoms with van der Waals surface area (Å²) >= 11 is 4.81. The Bertz CT molecular complexity index is 435. The zero-order valence-corrected chi connectivity index (χ0v) is 15.0. The Kier molecular flexibility index (Phi) is 8.78. The molecule has 0 nitrogen and oxygen atoms in total. The second-order valence-electron chi connectivity index (χ2n) is 4.00. The predicted molar refractivity (Wildman–Crippen MR) is 98.2 cm³/mol. The van der Waals surface area contributed by atoms with Crippen LogP contribution in [0.3, 0.4) is 0 Å². The zero-order valence-electron chi connectivity index (χ0n) is 10.7. The summed E-state index contributed by atoms with van der Waals surface area (Å²) in [6.45, 7) is 2.20. The lowest BCUT2D eigenvalue weighted by Gasteiger charge is -2.06. The Morgan fingerprint density at radius 3 is 2.56 bits per heavy atom. The van der Waals surface area contributed by atoms with E-state index < -0.39 is 0 Å². The lowest BCUT2D eigenvalue weighted by molar-refractivity contribution is 0.828. The molecule has 0 saturated carbocycles. The van der Waals surface area contributed by atoms with Crippen molar-refractivity contribution in [2.45, 2.75) is 32.6 Å². The maximum atomic E-state index is 3.31. The summed E-state index contributed by atoms with van der Waals surface area (Å²) in [6.07, 6.45) is 4.51. The topological polar surface area (TPSA) is 0 Å². The Hall–Kier alpha value is -0.0200. The number of alkyl halides is 1. The largest absolute Gasteiger partial charge is 0.0974 e. The van der Waals surface area contributed by atoms with Crippen molar-refractivity contribution in [3.8, 4) is 11.8 Å². The number of halogens is 2. The van der Waals surface area contributed by atoms with Gasteiger partial charge in [-0.25, -0.2) is 0 Å². The van der Waals surface area contributed by atoms with Gasteiger partial charge >= 0.3 is 0 Å². The van der Waals surface area contributed by atoms with Crippen molar-refractivity contribution in [3.05, 3.63) is 39.5 Å². The summed E-state index contributed by atoms with van der Waals surface area (Å²) in [7, 11) is 0. The first-order valence-electron chi connectivity index (χ1n) is 6.28. The molecule has 96 valence electrons. The van der Waals surface area contributed by atoms with Gasteiger partial charge in [0.05, 0.1) is 3.58 Å². The fourth-order valence-electron chi connectivity index (χ4n) is 1.60. The summed E-state index contributed by atoms with van der Waals surface area (Å²) in [4.78, 5) is 0. The van der Waals surface area contributed by atoms with E-state index in [1.54, 1.807) is 0 Å². The van der Waals surface area contributed by atoms with E-state index in [1.807, 2.05) is 0 Å². The first kappa shape index (κ1) is 16.0. The number of allylic oxidation sites excluding steroid dienone is 2. The highest BCUT2D eigenvalue weighted by Gasteiger charge is 2.04. The number of benzene rings is 1. The van der Waals surface area contributed by atoms with E-state index in [2.05, 4.69) is 94.3 Å². The summed E-state index contributed by atoms with van der Waals surface area (Å²) in [5, 5.41) is 0. The van der Waals surface area contributed by atoms with Crippen molar-refractivity contribution in [3.63, 3.8) is 0 Å². The SMILES string of the molecule is CCCCC#C/C(I)=C(/CCI)c1ccccc1. The monoisotopic (exact) mass is 464 g/mol. The van der Waals surface area contributed by atoms with Crippen molar-refractivity contribution in [1.82, 2.24) is 0 Å². The van der Waals surface area contributed by atoms with Crippen LogP contribution in [0.2, 0.25) is 0 Å². The van der Waals surface area contributed by atoms with Crippen molar-refractivity contribution in [1.29, 1.82) is 0 Å². The molecular formula is C16H18I2. The van der Waals surface area contributed by atoms with Gasteiger partial charge in [0.1, 0.15) is 0 Å². The summed E-state index contributed by atoms with van der Waals surface area (Å²) in [6, 6.07) is 10.6. The molecule has 0 aromatic heterocycles. The van der Waals surface area contributed by atoms with Crippen LogP contribution in [0.4, 0.5) is 0 Å². The molecule has 0 aliphatic rings. The second kappa shape index (κ2) is 9.85. The highest BCUT2D eigenvalue weighted by Crippen LogP contribution is 2.26. The van der Waals surface area contributed by atoms with Crippen molar-refractivity contribution in [2.24, 2.45) is 0 Å². The maximum Gasteiger partial charge on any atom is 0.0667 e. The smallest absolute Gasteiger partial charge is 0.0667 e. The van der Waals surface area contributed by atoms with Gasteiger partial charge in [0.15, 0.2) is 0 Å². The van der Waals surface area contributed by atoms with Gasteiger partial charge in [-0.2, -0.15) is 0 Å². The highest BCUT2D eigenvalue weighted by atomic mass is 127. The molecule has 0 N–H and O–H groups in total. The van der Waals surface area contributed by atoms with Crippen LogP contribution < -0.4 is 0 Å². The van der Waals surface area contributed by atoms with E-state index in [0.717, 1.165) is 17.3 Å². The molecule has 0 unspecified atom stereocenters. The average Bonchev–Trinajstić information content (AvgIpc) is 2.41. The molecule has 0 bridgehead atoms. The van der Waals surface area contributed by atoms with E-state index in [1.165, 1.54) is 27.6 Å². The Balaban J connectivity index is 2.91. The zero-order chi connectivity index (χ0) is 13.2. The molecule has 0 aliphatic heterocycles. The van der Waals surface area contributed by atoms with Crippen LogP contribution in [-0.2, 0) is 0 Å². The normalized spacial score (nSPS) is 11.5. The quantitative estimate of drug-likeness (QED) is 0.222. The standard InChI is InChI=1S/C16H18I2/c1-2-3-4-8-11-16(18)15(12-13-17)14-9-6-5-7-10-14/h5-7,9-10H,2-4,12-13H2,1H3/b16-15+. The third-order valence-electron chi connectivity index (χ3n) is 2.59. The molecular weight excluding hydrogens is 446 g/mol. The van der Waals surface area contributed by atoms with Gasteiger partial charge in [-0.1, -0.05) is 78.1 Å². The fraction of sp³-hybridized carbons (Fsp3) is 0.375. The molecule has 0 fully saturated rings. The van der Waals surface area contributed by atoms with Crippen LogP contribution in [0.5, 0.6) is 0 Å². The van der Waals surface area contributed by atoms with E-state index in [0.29, 0.717) is 0 Å². The highest BCUT2D eigenvalue weighted by molar-refractivity contribution is 14.1. The summed E-state index contributed by atoms with van der Waals surface area (Å²) < 4.78 is 2.33. The molecule has 0 spiro atoms. The third-order valence-corrected chi connectivity index (χ3v) is 4.05. The fourth-order valence-corrected chi connectivity index (χ4v) is 2.91. The number of unbranched alkanes of at least 4 members (excludes halogenated alkanes) is 2. The average molecular weight is 464 g/mol. The minimum Gasteiger partial charge on any atom is -0.0974 e. The van der Waals surface area contributed by atoms with Gasteiger partial charge in [-0.3, -0.25) is 0 Å². The van der Waals surface area contributed by atoms with Crippen molar-refractivity contribution >= 4 is 50.8 Å². The number of hydrogen-bond acceptors (Lipinski definition) is 0. The molecule has 0 heterocycles. The van der Waals surface area contributed by atoms with Crippen LogP contribution >= 0.6 is 45.2 Å². The lowest BCUT2D eigenvalue weighted by atomic mass is 10.0. The first-order valence-corrected chi connectivity index (χ1v) is 8.89. The molecule has 0 aliphatic carbocycles. The van der Waals surface area contributed by atoms with Crippen LogP contribution in [0.25, 0.3) is 5.57 Å². The number of hydrogen-bond donors (Lipinski definition) is 0. The van der Waals surface area contributed by atoms with Crippen molar-refractivity contribution in [2.75, 3.05) is 4.43 Å². The minimum atomic E-state index is 1.01. The predicted octanol–water partition coefficient (Wildman–Crippen LogP) is 5.85. The van der Waals surface area contributed by atoms with Gasteiger partial charge in [0, 0.05) is 10.8 Å². The molecule has 1 aromatic carbocycles. The van der Waals surface area contributed by atoms with Gasteiger partial charge < -0.3 is 0 Å². The van der Waals surface area contributed by atoms with Crippen LogP contribution in [0.15, 0.2) is 33.9 Å². The third kappa shape index (κ3) is 5.75. The van der Waals surface area contributed by atoms with E-state index in [4.69, 9.17) is 0 Å². The van der Waals surface area contributed by atoms with Gasteiger partial charge in [0.25, 0.3) is 0 Å². The maximum absolute atomic E-state index is 3.31. The Morgan fingerprint density at radius 2 is 1.94 bits per heavy atom.